The summed E-state index contributed by atoms with van der Waals surface area (Å²) in [6, 6.07) is 3.29. The third-order valence-electron chi connectivity index (χ3n) is 3.81. The maximum atomic E-state index is 13.3. The fourth-order valence-electron chi connectivity index (χ4n) is 2.73. The van der Waals surface area contributed by atoms with Crippen LogP contribution in [0.5, 0.6) is 0 Å². The molecule has 0 aliphatic carbocycles. The van der Waals surface area contributed by atoms with E-state index in [4.69, 9.17) is 0 Å². The number of aromatic amines is 1. The molecule has 1 aromatic carbocycles. The third kappa shape index (κ3) is 3.51. The number of hydrogen-bond donors (Lipinski definition) is 1. The van der Waals surface area contributed by atoms with Crippen molar-refractivity contribution < 1.29 is 17.2 Å². The molecule has 0 saturated carbocycles. The summed E-state index contributed by atoms with van der Waals surface area (Å²) in [4.78, 5) is 20.3. The first kappa shape index (κ1) is 16.7. The van der Waals surface area contributed by atoms with Gasteiger partial charge in [-0.15, -0.1) is 0 Å². The minimum atomic E-state index is -3.59. The van der Waals surface area contributed by atoms with Crippen molar-refractivity contribution in [1.29, 1.82) is 0 Å². The van der Waals surface area contributed by atoms with Gasteiger partial charge in [0.15, 0.2) is 0 Å². The molecule has 0 bridgehead atoms. The minimum absolute atomic E-state index is 0.236. The molecule has 2 aromatic rings. The van der Waals surface area contributed by atoms with Crippen LogP contribution < -0.4 is 5.56 Å². The highest BCUT2D eigenvalue weighted by atomic mass is 32.2. The van der Waals surface area contributed by atoms with Crippen molar-refractivity contribution in [2.75, 3.05) is 12.8 Å². The first-order valence-corrected chi connectivity index (χ1v) is 9.11. The van der Waals surface area contributed by atoms with Crippen LogP contribution in [0.3, 0.4) is 0 Å². The molecule has 1 N–H and O–H groups in total. The van der Waals surface area contributed by atoms with Gasteiger partial charge < -0.3 is 0 Å². The van der Waals surface area contributed by atoms with Crippen LogP contribution >= 0.6 is 0 Å². The Kier molecular flexibility index (Phi) is 4.22. The van der Waals surface area contributed by atoms with E-state index in [0.717, 1.165) is 12.3 Å². The van der Waals surface area contributed by atoms with Gasteiger partial charge in [-0.2, -0.15) is 0 Å². The third-order valence-corrected chi connectivity index (χ3v) is 4.70. The number of fused-ring (bicyclic) bond motifs is 1. The van der Waals surface area contributed by atoms with Gasteiger partial charge in [0, 0.05) is 38.4 Å². The molecule has 2 heterocycles. The Morgan fingerprint density at radius 3 is 2.54 bits per heavy atom. The summed E-state index contributed by atoms with van der Waals surface area (Å²) in [7, 11) is -3.59. The first-order chi connectivity index (χ1) is 11.2. The summed E-state index contributed by atoms with van der Waals surface area (Å²) in [6.07, 6.45) is 1.37. The molecule has 0 atom stereocenters. The molecule has 128 valence electrons. The summed E-state index contributed by atoms with van der Waals surface area (Å²) in [5.41, 5.74) is 0.787. The molecule has 0 amide bonds. The summed E-state index contributed by atoms with van der Waals surface area (Å²) in [6.45, 7) is 1.02. The molecule has 0 spiro atoms. The summed E-state index contributed by atoms with van der Waals surface area (Å²) in [5.74, 6) is -1.31. The Morgan fingerprint density at radius 2 is 1.92 bits per heavy atom. The zero-order valence-corrected chi connectivity index (χ0v) is 13.7. The highest BCUT2D eigenvalue weighted by Crippen LogP contribution is 2.18. The van der Waals surface area contributed by atoms with Crippen LogP contribution in [0.1, 0.15) is 16.8 Å². The number of aromatic nitrogens is 2. The van der Waals surface area contributed by atoms with Gasteiger partial charge in [0.2, 0.25) is 15.0 Å². The van der Waals surface area contributed by atoms with E-state index in [1.54, 1.807) is 0 Å². The predicted octanol–water partition coefficient (Wildman–Crippen LogP) is 1.01. The number of halogens is 2. The fraction of sp³-hybridized carbons (Fsp3) is 0.333. The van der Waals surface area contributed by atoms with Crippen LogP contribution in [0.4, 0.5) is 8.78 Å². The van der Waals surface area contributed by atoms with Gasteiger partial charge in [-0.25, -0.2) is 22.2 Å². The van der Waals surface area contributed by atoms with E-state index < -0.39 is 27.0 Å². The Labute approximate surface area is 137 Å². The van der Waals surface area contributed by atoms with E-state index in [9.17, 15) is 22.0 Å². The van der Waals surface area contributed by atoms with E-state index >= 15 is 0 Å². The highest BCUT2D eigenvalue weighted by Gasteiger charge is 2.23. The number of sulfone groups is 1. The molecule has 6 nitrogen and oxygen atoms in total. The van der Waals surface area contributed by atoms with E-state index in [1.807, 2.05) is 4.90 Å². The smallest absolute Gasteiger partial charge is 0.256 e. The number of benzene rings is 1. The molecule has 1 aliphatic rings. The molecule has 0 fully saturated rings. The molecule has 1 aromatic heterocycles. The van der Waals surface area contributed by atoms with Gasteiger partial charge in [-0.1, -0.05) is 0 Å². The van der Waals surface area contributed by atoms with E-state index in [0.29, 0.717) is 29.8 Å². The Bertz CT molecular complexity index is 937. The molecule has 0 saturated heterocycles. The van der Waals surface area contributed by atoms with Crippen LogP contribution in [0.15, 0.2) is 28.2 Å². The largest absolute Gasteiger partial charge is 0.297 e. The molecule has 3 rings (SSSR count). The molecule has 9 heteroatoms. The number of hydrogen-bond acceptors (Lipinski definition) is 5. The van der Waals surface area contributed by atoms with Gasteiger partial charge in [0.25, 0.3) is 5.56 Å². The molecule has 1 aliphatic heterocycles. The van der Waals surface area contributed by atoms with E-state index in [-0.39, 0.29) is 18.2 Å². The topological polar surface area (TPSA) is 83.1 Å². The monoisotopic (exact) mass is 355 g/mol. The first-order valence-electron chi connectivity index (χ1n) is 7.22. The lowest BCUT2D eigenvalue weighted by Gasteiger charge is -2.27. The lowest BCUT2D eigenvalue weighted by molar-refractivity contribution is 0.240. The highest BCUT2D eigenvalue weighted by molar-refractivity contribution is 7.90. The summed E-state index contributed by atoms with van der Waals surface area (Å²) < 4.78 is 49.6. The van der Waals surface area contributed by atoms with Gasteiger partial charge in [0.05, 0.1) is 11.3 Å². The van der Waals surface area contributed by atoms with Crippen molar-refractivity contribution in [2.24, 2.45) is 0 Å². The lowest BCUT2D eigenvalue weighted by atomic mass is 10.1. The van der Waals surface area contributed by atoms with Crippen LogP contribution in [0.25, 0.3) is 0 Å². The standard InChI is InChI=1S/C15H15F2N3O3S/c1-24(22,23)15-18-13-2-3-20(8-12(13)14(21)19-15)7-9-4-10(16)6-11(17)5-9/h4-6H,2-3,7-8H2,1H3,(H,18,19,21). The predicted molar refractivity (Wildman–Crippen MR) is 82.1 cm³/mol. The van der Waals surface area contributed by atoms with Crippen molar-refractivity contribution in [1.82, 2.24) is 14.9 Å². The number of H-pyrrole nitrogens is 1. The lowest BCUT2D eigenvalue weighted by Crippen LogP contribution is -2.36. The Hall–Kier alpha value is -2.13. The molecular weight excluding hydrogens is 340 g/mol. The van der Waals surface area contributed by atoms with Crippen LogP contribution in [-0.2, 0) is 29.3 Å². The second-order valence-electron chi connectivity index (χ2n) is 5.81. The van der Waals surface area contributed by atoms with Crippen LogP contribution in [0, 0.1) is 11.6 Å². The summed E-state index contributed by atoms with van der Waals surface area (Å²) in [5, 5.41) is -0.341. The second kappa shape index (κ2) is 6.06. The SMILES string of the molecule is CS(=O)(=O)c1nc2c(c(=O)[nH]1)CN(Cc1cc(F)cc(F)c1)CC2. The Balaban J connectivity index is 1.86. The zero-order chi connectivity index (χ0) is 17.5. The molecule has 0 radical (unpaired) electrons. The summed E-state index contributed by atoms with van der Waals surface area (Å²) >= 11 is 0. The Morgan fingerprint density at radius 1 is 1.25 bits per heavy atom. The quantitative estimate of drug-likeness (QED) is 0.831. The van der Waals surface area contributed by atoms with E-state index in [2.05, 4.69) is 9.97 Å². The van der Waals surface area contributed by atoms with Crippen molar-refractivity contribution in [3.8, 4) is 0 Å². The van der Waals surface area contributed by atoms with Crippen LogP contribution in [-0.4, -0.2) is 36.1 Å². The van der Waals surface area contributed by atoms with E-state index in [1.165, 1.54) is 12.1 Å². The number of nitrogens with zero attached hydrogens (tertiary/aromatic N) is 2. The number of nitrogens with one attached hydrogen (secondary N) is 1. The van der Waals surface area contributed by atoms with Gasteiger partial charge in [-0.3, -0.25) is 14.7 Å². The minimum Gasteiger partial charge on any atom is -0.297 e. The molecule has 24 heavy (non-hydrogen) atoms. The van der Waals surface area contributed by atoms with Crippen molar-refractivity contribution >= 4 is 9.84 Å². The van der Waals surface area contributed by atoms with Crippen molar-refractivity contribution in [3.63, 3.8) is 0 Å². The average Bonchev–Trinajstić information content (AvgIpc) is 2.45. The molecule has 0 unspecified atom stereocenters. The van der Waals surface area contributed by atoms with Crippen LogP contribution in [0.2, 0.25) is 0 Å². The van der Waals surface area contributed by atoms with Crippen molar-refractivity contribution in [3.05, 3.63) is 57.0 Å². The maximum absolute atomic E-state index is 13.3. The normalized spacial score (nSPS) is 15.3. The zero-order valence-electron chi connectivity index (χ0n) is 12.8. The molecular formula is C15H15F2N3O3S. The van der Waals surface area contributed by atoms with Crippen molar-refractivity contribution in [2.45, 2.75) is 24.7 Å². The number of rotatable bonds is 3. The van der Waals surface area contributed by atoms with Gasteiger partial charge >= 0.3 is 0 Å². The maximum Gasteiger partial charge on any atom is 0.256 e. The fourth-order valence-corrected chi connectivity index (χ4v) is 3.28. The van der Waals surface area contributed by atoms with Gasteiger partial charge in [0.1, 0.15) is 11.6 Å². The second-order valence-corrected chi connectivity index (χ2v) is 7.74. The average molecular weight is 355 g/mol. The van der Waals surface area contributed by atoms with Gasteiger partial charge in [-0.05, 0) is 17.7 Å².